The van der Waals surface area contributed by atoms with Gasteiger partial charge in [0.25, 0.3) is 5.91 Å². The summed E-state index contributed by atoms with van der Waals surface area (Å²) in [6, 6.07) is 13.0. The van der Waals surface area contributed by atoms with E-state index in [1.54, 1.807) is 6.07 Å². The van der Waals surface area contributed by atoms with Crippen LogP contribution in [0.1, 0.15) is 30.1 Å². The zero-order valence-electron chi connectivity index (χ0n) is 12.2. The van der Waals surface area contributed by atoms with Crippen molar-refractivity contribution in [1.82, 2.24) is 0 Å². The van der Waals surface area contributed by atoms with Crippen LogP contribution in [-0.4, -0.2) is 12.5 Å². The van der Waals surface area contributed by atoms with Crippen LogP contribution in [0.15, 0.2) is 51.4 Å². The molecular weight excluding hydrogens is 410 g/mol. The fraction of sp³-hybridized carbons (Fsp3) is 0.235. The zero-order valence-corrected chi connectivity index (χ0v) is 15.4. The van der Waals surface area contributed by atoms with Crippen LogP contribution in [0.5, 0.6) is 5.75 Å². The average Bonchev–Trinajstić information content (AvgIpc) is 2.51. The number of benzene rings is 2. The van der Waals surface area contributed by atoms with E-state index >= 15 is 0 Å². The van der Waals surface area contributed by atoms with E-state index < -0.39 is 0 Å². The fourth-order valence-electron chi connectivity index (χ4n) is 1.88. The number of anilines is 1. The summed E-state index contributed by atoms with van der Waals surface area (Å²) in [7, 11) is 0. The number of rotatable bonds is 6. The first-order valence-electron chi connectivity index (χ1n) is 7.10. The molecule has 3 nitrogen and oxygen atoms in total. The monoisotopic (exact) mass is 425 g/mol. The molecule has 22 heavy (non-hydrogen) atoms. The van der Waals surface area contributed by atoms with Gasteiger partial charge in [0, 0.05) is 8.95 Å². The number of carbonyl (C=O) groups excluding carboxylic acids is 1. The molecule has 0 aliphatic carbocycles. The first-order chi connectivity index (χ1) is 10.6. The standard InChI is InChI=1S/C17H17Br2NO2/c1-2-3-10-22-16-9-8-12(18)11-13(16)17(21)20-15-7-5-4-6-14(15)19/h4-9,11H,2-3,10H2,1H3,(H,20,21). The van der Waals surface area contributed by atoms with Gasteiger partial charge in [-0.05, 0) is 52.7 Å². The molecule has 0 radical (unpaired) electrons. The highest BCUT2D eigenvalue weighted by Crippen LogP contribution is 2.27. The number of halogens is 2. The molecule has 2 rings (SSSR count). The third-order valence-corrected chi connectivity index (χ3v) is 4.25. The fourth-order valence-corrected chi connectivity index (χ4v) is 2.63. The first kappa shape index (κ1) is 17.0. The van der Waals surface area contributed by atoms with Gasteiger partial charge < -0.3 is 10.1 Å². The van der Waals surface area contributed by atoms with Crippen molar-refractivity contribution in [2.45, 2.75) is 19.8 Å². The van der Waals surface area contributed by atoms with Crippen LogP contribution in [0.2, 0.25) is 0 Å². The molecule has 2 aromatic carbocycles. The number of para-hydroxylation sites is 1. The van der Waals surface area contributed by atoms with Gasteiger partial charge in [0.05, 0.1) is 17.9 Å². The molecule has 0 unspecified atom stereocenters. The van der Waals surface area contributed by atoms with Gasteiger partial charge in [-0.15, -0.1) is 0 Å². The van der Waals surface area contributed by atoms with E-state index in [0.29, 0.717) is 17.9 Å². The molecule has 0 heterocycles. The third-order valence-electron chi connectivity index (χ3n) is 3.06. The molecule has 5 heteroatoms. The summed E-state index contributed by atoms with van der Waals surface area (Å²) < 4.78 is 7.41. The highest BCUT2D eigenvalue weighted by Gasteiger charge is 2.14. The predicted molar refractivity (Wildman–Crippen MR) is 96.6 cm³/mol. The summed E-state index contributed by atoms with van der Waals surface area (Å²) in [5.74, 6) is 0.404. The summed E-state index contributed by atoms with van der Waals surface area (Å²) in [6.45, 7) is 2.71. The molecule has 0 aliphatic rings. The molecule has 0 saturated heterocycles. The predicted octanol–water partition coefficient (Wildman–Crippen LogP) is 5.64. The molecular formula is C17H17Br2NO2. The number of carbonyl (C=O) groups is 1. The van der Waals surface area contributed by atoms with Gasteiger partial charge in [-0.1, -0.05) is 41.4 Å². The quantitative estimate of drug-likeness (QED) is 0.606. The van der Waals surface area contributed by atoms with Crippen LogP contribution in [0.25, 0.3) is 0 Å². The van der Waals surface area contributed by atoms with Gasteiger partial charge in [-0.25, -0.2) is 0 Å². The molecule has 0 saturated carbocycles. The maximum atomic E-state index is 12.5. The van der Waals surface area contributed by atoms with Crippen molar-refractivity contribution in [3.63, 3.8) is 0 Å². The maximum Gasteiger partial charge on any atom is 0.259 e. The minimum atomic E-state index is -0.195. The lowest BCUT2D eigenvalue weighted by molar-refractivity contribution is 0.102. The van der Waals surface area contributed by atoms with Crippen LogP contribution in [0.4, 0.5) is 5.69 Å². The summed E-state index contributed by atoms with van der Waals surface area (Å²) in [5, 5.41) is 2.90. The van der Waals surface area contributed by atoms with Gasteiger partial charge in [0.2, 0.25) is 0 Å². The molecule has 0 atom stereocenters. The Balaban J connectivity index is 2.20. The van der Waals surface area contributed by atoms with Crippen molar-refractivity contribution in [2.75, 3.05) is 11.9 Å². The number of hydrogen-bond acceptors (Lipinski definition) is 2. The Morgan fingerprint density at radius 2 is 1.95 bits per heavy atom. The second kappa shape index (κ2) is 8.34. The van der Waals surface area contributed by atoms with Crippen molar-refractivity contribution in [3.05, 3.63) is 57.0 Å². The first-order valence-corrected chi connectivity index (χ1v) is 8.68. The van der Waals surface area contributed by atoms with Gasteiger partial charge in [-0.2, -0.15) is 0 Å². The number of amides is 1. The minimum Gasteiger partial charge on any atom is -0.493 e. The highest BCUT2D eigenvalue weighted by molar-refractivity contribution is 9.10. The molecule has 0 bridgehead atoms. The van der Waals surface area contributed by atoms with E-state index in [4.69, 9.17) is 4.74 Å². The molecule has 116 valence electrons. The molecule has 0 fully saturated rings. The smallest absolute Gasteiger partial charge is 0.259 e. The Morgan fingerprint density at radius 3 is 2.68 bits per heavy atom. The highest BCUT2D eigenvalue weighted by atomic mass is 79.9. The molecule has 1 N–H and O–H groups in total. The molecule has 2 aromatic rings. The largest absolute Gasteiger partial charge is 0.493 e. The van der Waals surface area contributed by atoms with E-state index in [1.165, 1.54) is 0 Å². The maximum absolute atomic E-state index is 12.5. The summed E-state index contributed by atoms with van der Waals surface area (Å²) in [4.78, 5) is 12.5. The number of hydrogen-bond donors (Lipinski definition) is 1. The van der Waals surface area contributed by atoms with Crippen molar-refractivity contribution in [2.24, 2.45) is 0 Å². The minimum absolute atomic E-state index is 0.195. The SMILES string of the molecule is CCCCOc1ccc(Br)cc1C(=O)Nc1ccccc1Br. The van der Waals surface area contributed by atoms with E-state index in [2.05, 4.69) is 44.1 Å². The van der Waals surface area contributed by atoms with Crippen molar-refractivity contribution >= 4 is 43.5 Å². The lowest BCUT2D eigenvalue weighted by Gasteiger charge is -2.13. The number of nitrogens with one attached hydrogen (secondary N) is 1. The Kier molecular flexibility index (Phi) is 6.46. The topological polar surface area (TPSA) is 38.3 Å². The Labute approximate surface area is 147 Å². The number of unbranched alkanes of at least 4 members (excludes halogenated alkanes) is 1. The average molecular weight is 427 g/mol. The van der Waals surface area contributed by atoms with Crippen molar-refractivity contribution < 1.29 is 9.53 Å². The number of ether oxygens (including phenoxy) is 1. The second-order valence-corrected chi connectivity index (χ2v) is 6.55. The van der Waals surface area contributed by atoms with Gasteiger partial charge in [0.1, 0.15) is 5.75 Å². The van der Waals surface area contributed by atoms with Gasteiger partial charge >= 0.3 is 0 Å². The van der Waals surface area contributed by atoms with Gasteiger partial charge in [0.15, 0.2) is 0 Å². The molecule has 1 amide bonds. The summed E-state index contributed by atoms with van der Waals surface area (Å²) in [6.07, 6.45) is 2.01. The van der Waals surface area contributed by atoms with Crippen LogP contribution in [0.3, 0.4) is 0 Å². The Bertz CT molecular complexity index is 659. The van der Waals surface area contributed by atoms with E-state index in [1.807, 2.05) is 36.4 Å². The normalized spacial score (nSPS) is 10.3. The summed E-state index contributed by atoms with van der Waals surface area (Å²) >= 11 is 6.83. The lowest BCUT2D eigenvalue weighted by Crippen LogP contribution is -2.14. The van der Waals surface area contributed by atoms with Crippen molar-refractivity contribution in [3.8, 4) is 5.75 Å². The van der Waals surface area contributed by atoms with E-state index in [-0.39, 0.29) is 5.91 Å². The third kappa shape index (κ3) is 4.58. The molecule has 0 aliphatic heterocycles. The molecule has 0 aromatic heterocycles. The summed E-state index contributed by atoms with van der Waals surface area (Å²) in [5.41, 5.74) is 1.24. The van der Waals surface area contributed by atoms with Crippen molar-refractivity contribution in [1.29, 1.82) is 0 Å². The van der Waals surface area contributed by atoms with E-state index in [9.17, 15) is 4.79 Å². The van der Waals surface area contributed by atoms with Crippen LogP contribution >= 0.6 is 31.9 Å². The van der Waals surface area contributed by atoms with Gasteiger partial charge in [-0.3, -0.25) is 4.79 Å². The van der Waals surface area contributed by atoms with Crippen LogP contribution in [0, 0.1) is 0 Å². The second-order valence-electron chi connectivity index (χ2n) is 4.78. The lowest BCUT2D eigenvalue weighted by atomic mass is 10.2. The Morgan fingerprint density at radius 1 is 1.18 bits per heavy atom. The van der Waals surface area contributed by atoms with Crippen LogP contribution in [-0.2, 0) is 0 Å². The van der Waals surface area contributed by atoms with Crippen LogP contribution < -0.4 is 10.1 Å². The zero-order chi connectivity index (χ0) is 15.9. The molecule has 0 spiro atoms. The Hall–Kier alpha value is -1.33. The van der Waals surface area contributed by atoms with E-state index in [0.717, 1.165) is 27.5 Å².